The van der Waals surface area contributed by atoms with Crippen LogP contribution >= 0.6 is 0 Å². The largest absolute Gasteiger partial charge is 0.463 e. The average Bonchev–Trinajstić information content (AvgIpc) is 3.05. The summed E-state index contributed by atoms with van der Waals surface area (Å²) in [4.78, 5) is 16.2. The molecule has 1 aromatic carbocycles. The van der Waals surface area contributed by atoms with Gasteiger partial charge >= 0.3 is 5.97 Å². The second kappa shape index (κ2) is 8.30. The molecule has 3 aromatic rings. The Kier molecular flexibility index (Phi) is 5.64. The van der Waals surface area contributed by atoms with Gasteiger partial charge in [-0.05, 0) is 55.8 Å². The zero-order valence-electron chi connectivity index (χ0n) is 15.1. The number of benzene rings is 1. The predicted octanol–water partition coefficient (Wildman–Crippen LogP) is 4.43. The van der Waals surface area contributed by atoms with E-state index in [1.54, 1.807) is 13.1 Å². The van der Waals surface area contributed by atoms with Crippen LogP contribution in [0.25, 0.3) is 11.8 Å². The van der Waals surface area contributed by atoms with Gasteiger partial charge < -0.3 is 9.30 Å². The molecular weight excluding hydrogens is 324 g/mol. The van der Waals surface area contributed by atoms with Crippen LogP contribution in [-0.2, 0) is 16.0 Å². The van der Waals surface area contributed by atoms with Crippen molar-refractivity contribution in [2.75, 3.05) is 6.61 Å². The van der Waals surface area contributed by atoms with Gasteiger partial charge in [0.2, 0.25) is 0 Å². The maximum atomic E-state index is 12.0. The molecule has 0 spiro atoms. The molecule has 4 heteroatoms. The van der Waals surface area contributed by atoms with E-state index < -0.39 is 0 Å². The summed E-state index contributed by atoms with van der Waals surface area (Å²) in [5.74, 6) is -0.290. The van der Waals surface area contributed by atoms with E-state index in [0.29, 0.717) is 12.2 Å². The summed E-state index contributed by atoms with van der Waals surface area (Å²) >= 11 is 0. The number of nitrogens with zero attached hydrogens (tertiary/aromatic N) is 2. The van der Waals surface area contributed by atoms with Crippen molar-refractivity contribution < 1.29 is 9.53 Å². The highest BCUT2D eigenvalue weighted by atomic mass is 16.5. The third kappa shape index (κ3) is 4.09. The van der Waals surface area contributed by atoms with Crippen LogP contribution in [0.15, 0.2) is 72.6 Å². The number of hydrogen-bond donors (Lipinski definition) is 0. The number of carbonyl (C=O) groups is 1. The Hall–Kier alpha value is -3.14. The van der Waals surface area contributed by atoms with Crippen LogP contribution in [0, 0.1) is 0 Å². The lowest BCUT2D eigenvalue weighted by Gasteiger charge is -2.13. The molecule has 0 aliphatic rings. The van der Waals surface area contributed by atoms with E-state index >= 15 is 0 Å². The zero-order chi connectivity index (χ0) is 18.4. The predicted molar refractivity (Wildman–Crippen MR) is 103 cm³/mol. The second-order valence-corrected chi connectivity index (χ2v) is 6.01. The normalized spacial score (nSPS) is 11.4. The molecule has 0 unspecified atom stereocenters. The van der Waals surface area contributed by atoms with Crippen molar-refractivity contribution in [3.8, 4) is 5.69 Å². The molecule has 0 saturated heterocycles. The lowest BCUT2D eigenvalue weighted by atomic mass is 10.1. The number of pyridine rings is 1. The van der Waals surface area contributed by atoms with Gasteiger partial charge in [-0.15, -0.1) is 0 Å². The lowest BCUT2D eigenvalue weighted by Crippen LogP contribution is -2.07. The molecule has 0 amide bonds. The number of ether oxygens (including phenoxy) is 1. The smallest absolute Gasteiger partial charge is 0.333 e. The van der Waals surface area contributed by atoms with Crippen molar-refractivity contribution in [1.29, 1.82) is 0 Å². The molecule has 0 fully saturated rings. The van der Waals surface area contributed by atoms with Crippen molar-refractivity contribution in [3.63, 3.8) is 0 Å². The number of rotatable bonds is 6. The van der Waals surface area contributed by atoms with Crippen LogP contribution in [0.5, 0.6) is 0 Å². The van der Waals surface area contributed by atoms with E-state index in [-0.39, 0.29) is 5.97 Å². The minimum absolute atomic E-state index is 0.290. The molecule has 3 rings (SSSR count). The number of esters is 1. The van der Waals surface area contributed by atoms with Gasteiger partial charge in [-0.1, -0.05) is 24.3 Å². The van der Waals surface area contributed by atoms with Crippen molar-refractivity contribution in [1.82, 2.24) is 9.55 Å². The number of carbonyl (C=O) groups excluding carboxylic acids is 1. The fourth-order valence-corrected chi connectivity index (χ4v) is 2.88. The van der Waals surface area contributed by atoms with E-state index in [1.165, 1.54) is 0 Å². The molecule has 2 aromatic heterocycles. The first kappa shape index (κ1) is 17.7. The van der Waals surface area contributed by atoms with Crippen molar-refractivity contribution in [2.24, 2.45) is 0 Å². The number of aromatic nitrogens is 2. The van der Waals surface area contributed by atoms with Gasteiger partial charge in [-0.3, -0.25) is 4.98 Å². The molecule has 4 nitrogen and oxygen atoms in total. The molecular formula is C22H22N2O2. The van der Waals surface area contributed by atoms with Crippen molar-refractivity contribution >= 4 is 12.0 Å². The zero-order valence-corrected chi connectivity index (χ0v) is 15.1. The molecule has 132 valence electrons. The van der Waals surface area contributed by atoms with Gasteiger partial charge in [0.25, 0.3) is 0 Å². The maximum absolute atomic E-state index is 12.0. The highest BCUT2D eigenvalue weighted by Gasteiger charge is 2.12. The van der Waals surface area contributed by atoms with Gasteiger partial charge in [-0.25, -0.2) is 4.79 Å². The number of hydrogen-bond acceptors (Lipinski definition) is 3. The summed E-state index contributed by atoms with van der Waals surface area (Å²) in [5, 5.41) is 0. The minimum Gasteiger partial charge on any atom is -0.463 e. The van der Waals surface area contributed by atoms with E-state index in [0.717, 1.165) is 29.1 Å². The monoisotopic (exact) mass is 346 g/mol. The molecule has 0 bridgehead atoms. The van der Waals surface area contributed by atoms with Gasteiger partial charge in [0.05, 0.1) is 6.61 Å². The lowest BCUT2D eigenvalue weighted by molar-refractivity contribution is -0.138. The van der Waals surface area contributed by atoms with E-state index in [2.05, 4.69) is 33.8 Å². The quantitative estimate of drug-likeness (QED) is 0.490. The molecule has 0 atom stereocenters. The first-order chi connectivity index (χ1) is 12.7. The topological polar surface area (TPSA) is 44.1 Å². The van der Waals surface area contributed by atoms with Crippen LogP contribution in [0.4, 0.5) is 0 Å². The molecule has 0 N–H and O–H groups in total. The van der Waals surface area contributed by atoms with E-state index in [4.69, 9.17) is 4.74 Å². The summed E-state index contributed by atoms with van der Waals surface area (Å²) in [6, 6.07) is 18.3. The maximum Gasteiger partial charge on any atom is 0.333 e. The Balaban J connectivity index is 2.02. The third-order valence-electron chi connectivity index (χ3n) is 4.08. The molecule has 26 heavy (non-hydrogen) atoms. The van der Waals surface area contributed by atoms with Gasteiger partial charge in [-0.2, -0.15) is 0 Å². The molecule has 0 radical (unpaired) electrons. The fourth-order valence-electron chi connectivity index (χ4n) is 2.88. The van der Waals surface area contributed by atoms with Crippen LogP contribution in [0.1, 0.15) is 30.8 Å². The Bertz CT molecular complexity index is 896. The third-order valence-corrected chi connectivity index (χ3v) is 4.08. The fraction of sp³-hybridized carbons (Fsp3) is 0.182. The standard InChI is InChI=1S/C22H22N2O2/c1-3-26-22(25)17(2)14-20-11-12-21(15-18-8-7-13-23-16-18)24(20)19-9-5-4-6-10-19/h4-14,16H,3,15H2,1-2H3/b17-14-. The van der Waals surface area contributed by atoms with Gasteiger partial charge in [0, 0.05) is 41.5 Å². The first-order valence-corrected chi connectivity index (χ1v) is 8.69. The molecule has 0 aliphatic heterocycles. The Labute approximate surface area is 153 Å². The Morgan fingerprint density at radius 2 is 1.92 bits per heavy atom. The van der Waals surface area contributed by atoms with E-state index in [9.17, 15) is 4.79 Å². The Morgan fingerprint density at radius 3 is 2.62 bits per heavy atom. The van der Waals surface area contributed by atoms with Crippen LogP contribution in [-0.4, -0.2) is 22.1 Å². The average molecular weight is 346 g/mol. The molecule has 0 aliphatic carbocycles. The molecule has 2 heterocycles. The second-order valence-electron chi connectivity index (χ2n) is 6.01. The van der Waals surface area contributed by atoms with Crippen LogP contribution in [0.3, 0.4) is 0 Å². The van der Waals surface area contributed by atoms with Crippen molar-refractivity contribution in [3.05, 3.63) is 89.5 Å². The highest BCUT2D eigenvalue weighted by molar-refractivity contribution is 5.92. The summed E-state index contributed by atoms with van der Waals surface area (Å²) in [6.07, 6.45) is 6.28. The summed E-state index contributed by atoms with van der Waals surface area (Å²) in [7, 11) is 0. The SMILES string of the molecule is CCOC(=O)/C(C)=C\c1ccc(Cc2cccnc2)n1-c1ccccc1. The summed E-state index contributed by atoms with van der Waals surface area (Å²) in [6.45, 7) is 3.96. The van der Waals surface area contributed by atoms with Crippen LogP contribution in [0.2, 0.25) is 0 Å². The highest BCUT2D eigenvalue weighted by Crippen LogP contribution is 2.22. The van der Waals surface area contributed by atoms with Crippen LogP contribution < -0.4 is 0 Å². The van der Waals surface area contributed by atoms with Gasteiger partial charge in [0.1, 0.15) is 0 Å². The minimum atomic E-state index is -0.290. The first-order valence-electron chi connectivity index (χ1n) is 8.69. The molecule has 0 saturated carbocycles. The Morgan fingerprint density at radius 1 is 1.12 bits per heavy atom. The van der Waals surface area contributed by atoms with E-state index in [1.807, 2.05) is 49.5 Å². The number of para-hydroxylation sites is 1. The summed E-state index contributed by atoms with van der Waals surface area (Å²) in [5.41, 5.74) is 4.85. The van der Waals surface area contributed by atoms with Crippen molar-refractivity contribution in [2.45, 2.75) is 20.3 Å². The van der Waals surface area contributed by atoms with Gasteiger partial charge in [0.15, 0.2) is 0 Å². The summed E-state index contributed by atoms with van der Waals surface area (Å²) < 4.78 is 7.26.